The van der Waals surface area contributed by atoms with Crippen molar-refractivity contribution in [1.29, 1.82) is 0 Å². The third-order valence-electron chi connectivity index (χ3n) is 5.73. The highest BCUT2D eigenvalue weighted by Gasteiger charge is 2.30. The Hall–Kier alpha value is -3.75. The van der Waals surface area contributed by atoms with E-state index in [0.717, 1.165) is 28.9 Å². The van der Waals surface area contributed by atoms with E-state index in [2.05, 4.69) is 20.5 Å². The number of hydrogen-bond acceptors (Lipinski definition) is 5. The number of carbonyl (C=O) groups is 1. The highest BCUT2D eigenvalue weighted by molar-refractivity contribution is 5.94. The zero-order valence-corrected chi connectivity index (χ0v) is 18.8. The molecule has 1 aliphatic rings. The van der Waals surface area contributed by atoms with Crippen LogP contribution < -0.4 is 20.3 Å². The number of fused-ring (bicyclic) bond motifs is 1. The molecular formula is C25H25F3N4O2. The van der Waals surface area contributed by atoms with Gasteiger partial charge in [0.25, 0.3) is 5.91 Å². The van der Waals surface area contributed by atoms with Gasteiger partial charge in [0.2, 0.25) is 0 Å². The molecular weight excluding hydrogens is 445 g/mol. The maximum atomic E-state index is 12.9. The fraction of sp³-hybridized carbons (Fsp3) is 0.280. The van der Waals surface area contributed by atoms with Crippen LogP contribution in [0.5, 0.6) is 5.75 Å². The summed E-state index contributed by atoms with van der Waals surface area (Å²) in [5.74, 6) is 1.13. The average molecular weight is 470 g/mol. The van der Waals surface area contributed by atoms with Crippen LogP contribution >= 0.6 is 0 Å². The van der Waals surface area contributed by atoms with Crippen LogP contribution in [0.1, 0.15) is 40.0 Å². The predicted molar refractivity (Wildman–Crippen MR) is 124 cm³/mol. The van der Waals surface area contributed by atoms with Gasteiger partial charge in [-0.1, -0.05) is 24.3 Å². The van der Waals surface area contributed by atoms with Crippen LogP contribution in [0.15, 0.2) is 60.8 Å². The molecule has 0 fully saturated rings. The van der Waals surface area contributed by atoms with Crippen molar-refractivity contribution in [3.05, 3.63) is 83.0 Å². The zero-order valence-electron chi connectivity index (χ0n) is 18.8. The predicted octanol–water partition coefficient (Wildman–Crippen LogP) is 5.03. The number of alkyl halides is 3. The van der Waals surface area contributed by atoms with Crippen LogP contribution in [0.25, 0.3) is 0 Å². The van der Waals surface area contributed by atoms with Gasteiger partial charge in [-0.3, -0.25) is 4.79 Å². The Morgan fingerprint density at radius 1 is 1.12 bits per heavy atom. The number of benzene rings is 2. The topological polar surface area (TPSA) is 66.5 Å². The second kappa shape index (κ2) is 9.62. The van der Waals surface area contributed by atoms with Crippen LogP contribution in [0.3, 0.4) is 0 Å². The summed E-state index contributed by atoms with van der Waals surface area (Å²) in [6.07, 6.45) is -2.70. The fourth-order valence-electron chi connectivity index (χ4n) is 3.88. The number of rotatable bonds is 6. The second-order valence-corrected chi connectivity index (χ2v) is 8.04. The van der Waals surface area contributed by atoms with Crippen molar-refractivity contribution in [3.8, 4) is 5.75 Å². The van der Waals surface area contributed by atoms with E-state index in [-0.39, 0.29) is 11.9 Å². The summed E-state index contributed by atoms with van der Waals surface area (Å²) in [6, 6.07) is 14.2. The van der Waals surface area contributed by atoms with Gasteiger partial charge in [0.1, 0.15) is 18.0 Å². The van der Waals surface area contributed by atoms with E-state index in [1.54, 1.807) is 31.4 Å². The molecule has 0 bridgehead atoms. The maximum Gasteiger partial charge on any atom is 0.416 e. The van der Waals surface area contributed by atoms with Gasteiger partial charge in [0.15, 0.2) is 5.82 Å². The number of ether oxygens (including phenoxy) is 1. The van der Waals surface area contributed by atoms with E-state index in [4.69, 9.17) is 4.74 Å². The van der Waals surface area contributed by atoms with Crippen molar-refractivity contribution in [2.75, 3.05) is 30.4 Å². The molecule has 2 aromatic carbocycles. The molecule has 1 unspecified atom stereocenters. The Morgan fingerprint density at radius 3 is 2.47 bits per heavy atom. The number of anilines is 2. The van der Waals surface area contributed by atoms with Gasteiger partial charge >= 0.3 is 6.18 Å². The summed E-state index contributed by atoms with van der Waals surface area (Å²) in [4.78, 5) is 18.4. The minimum atomic E-state index is -4.36. The van der Waals surface area contributed by atoms with Gasteiger partial charge in [0, 0.05) is 31.4 Å². The first-order valence-corrected chi connectivity index (χ1v) is 10.9. The lowest BCUT2D eigenvalue weighted by Gasteiger charge is -2.33. The van der Waals surface area contributed by atoms with Crippen molar-refractivity contribution < 1.29 is 22.7 Å². The number of hydrogen-bond donors (Lipinski definition) is 2. The smallest absolute Gasteiger partial charge is 0.416 e. The summed E-state index contributed by atoms with van der Waals surface area (Å²) in [6.45, 7) is 3.45. The Bertz CT molecular complexity index is 1150. The van der Waals surface area contributed by atoms with Crippen LogP contribution in [0.2, 0.25) is 0 Å². The molecule has 9 heteroatoms. The molecule has 34 heavy (non-hydrogen) atoms. The third kappa shape index (κ3) is 5.08. The SMILES string of the molecule is CNC(=O)c1ccc(C(C)Nc2nccc3c2N(Cc2ccc(C(F)(F)F)cc2)CCO3)cc1. The molecule has 0 saturated carbocycles. The van der Waals surface area contributed by atoms with Gasteiger partial charge in [-0.05, 0) is 42.3 Å². The molecule has 2 N–H and O–H groups in total. The van der Waals surface area contributed by atoms with Crippen molar-refractivity contribution in [1.82, 2.24) is 10.3 Å². The number of pyridine rings is 1. The maximum absolute atomic E-state index is 12.9. The van der Waals surface area contributed by atoms with E-state index in [1.807, 2.05) is 19.1 Å². The first-order valence-electron chi connectivity index (χ1n) is 10.9. The fourth-order valence-corrected chi connectivity index (χ4v) is 3.88. The second-order valence-electron chi connectivity index (χ2n) is 8.04. The number of aromatic nitrogens is 1. The Kier molecular flexibility index (Phi) is 6.63. The normalized spacial score (nSPS) is 14.1. The Morgan fingerprint density at radius 2 is 1.82 bits per heavy atom. The minimum absolute atomic E-state index is 0.118. The van der Waals surface area contributed by atoms with Crippen LogP contribution in [0, 0.1) is 0 Å². The molecule has 6 nitrogen and oxygen atoms in total. The molecule has 0 aliphatic carbocycles. The number of halogens is 3. The van der Waals surface area contributed by atoms with Gasteiger partial charge in [-0.2, -0.15) is 13.2 Å². The van der Waals surface area contributed by atoms with Crippen molar-refractivity contribution in [3.63, 3.8) is 0 Å². The van der Waals surface area contributed by atoms with Gasteiger partial charge < -0.3 is 20.3 Å². The highest BCUT2D eigenvalue weighted by Crippen LogP contribution is 2.39. The lowest BCUT2D eigenvalue weighted by Crippen LogP contribution is -2.33. The van der Waals surface area contributed by atoms with Crippen molar-refractivity contribution in [2.45, 2.75) is 25.7 Å². The minimum Gasteiger partial charge on any atom is -0.489 e. The molecule has 1 amide bonds. The number of amides is 1. The summed E-state index contributed by atoms with van der Waals surface area (Å²) < 4.78 is 44.5. The molecule has 2 heterocycles. The van der Waals surface area contributed by atoms with Crippen molar-refractivity contribution in [2.24, 2.45) is 0 Å². The summed E-state index contributed by atoms with van der Waals surface area (Å²) in [5.41, 5.74) is 2.40. The highest BCUT2D eigenvalue weighted by atomic mass is 19.4. The number of carbonyl (C=O) groups excluding carboxylic acids is 1. The van der Waals surface area contributed by atoms with E-state index < -0.39 is 11.7 Å². The zero-order chi connectivity index (χ0) is 24.3. The van der Waals surface area contributed by atoms with Crippen LogP contribution in [-0.2, 0) is 12.7 Å². The molecule has 1 aliphatic heterocycles. The lowest BCUT2D eigenvalue weighted by molar-refractivity contribution is -0.137. The molecule has 0 saturated heterocycles. The number of nitrogens with one attached hydrogen (secondary N) is 2. The number of nitrogens with zero attached hydrogens (tertiary/aromatic N) is 2. The quantitative estimate of drug-likeness (QED) is 0.529. The molecule has 1 aromatic heterocycles. The molecule has 3 aromatic rings. The molecule has 1 atom stereocenters. The summed E-state index contributed by atoms with van der Waals surface area (Å²) in [7, 11) is 1.59. The average Bonchev–Trinajstić information content (AvgIpc) is 2.83. The van der Waals surface area contributed by atoms with Gasteiger partial charge in [-0.15, -0.1) is 0 Å². The first kappa shape index (κ1) is 23.4. The van der Waals surface area contributed by atoms with E-state index >= 15 is 0 Å². The van der Waals surface area contributed by atoms with Crippen molar-refractivity contribution >= 4 is 17.4 Å². The van der Waals surface area contributed by atoms with E-state index in [1.165, 1.54) is 12.1 Å². The lowest BCUT2D eigenvalue weighted by atomic mass is 10.1. The summed E-state index contributed by atoms with van der Waals surface area (Å²) in [5, 5.41) is 6.01. The van der Waals surface area contributed by atoms with E-state index in [0.29, 0.717) is 36.8 Å². The third-order valence-corrected chi connectivity index (χ3v) is 5.73. The molecule has 0 spiro atoms. The Balaban J connectivity index is 1.55. The molecule has 0 radical (unpaired) electrons. The summed E-state index contributed by atoms with van der Waals surface area (Å²) >= 11 is 0. The van der Waals surface area contributed by atoms with E-state index in [9.17, 15) is 18.0 Å². The largest absolute Gasteiger partial charge is 0.489 e. The molecule has 4 rings (SSSR count). The van der Waals surface area contributed by atoms with Crippen LogP contribution in [-0.4, -0.2) is 31.1 Å². The molecule has 178 valence electrons. The van der Waals surface area contributed by atoms with Crippen LogP contribution in [0.4, 0.5) is 24.7 Å². The first-order chi connectivity index (χ1) is 16.3. The standard InChI is InChI=1S/C25H25F3N4O2/c1-16(18-5-7-19(8-6-18)24(33)29-2)31-23-22-21(11-12-30-23)34-14-13-32(22)15-17-3-9-20(10-4-17)25(26,27)28/h3-12,16H,13-15H2,1-2H3,(H,29,33)(H,30,31). The monoisotopic (exact) mass is 470 g/mol. The van der Waals surface area contributed by atoms with Gasteiger partial charge in [0.05, 0.1) is 18.2 Å². The van der Waals surface area contributed by atoms with Gasteiger partial charge in [-0.25, -0.2) is 4.98 Å². The Labute approximate surface area is 195 Å².